The molecule has 2 heterocycles. The summed E-state index contributed by atoms with van der Waals surface area (Å²) in [4.78, 5) is 5.02. The van der Waals surface area contributed by atoms with Crippen LogP contribution in [0.15, 0.2) is 17.3 Å². The third kappa shape index (κ3) is 3.21. The Hall–Kier alpha value is -1.55. The quantitative estimate of drug-likeness (QED) is 0.912. The molecule has 21 heavy (non-hydrogen) atoms. The molecular formula is C11H14F3N3O3S. The van der Waals surface area contributed by atoms with Crippen molar-refractivity contribution in [3.8, 4) is 0 Å². The summed E-state index contributed by atoms with van der Waals surface area (Å²) in [6.07, 6.45) is -2.74. The van der Waals surface area contributed by atoms with Gasteiger partial charge in [-0.1, -0.05) is 0 Å². The van der Waals surface area contributed by atoms with E-state index in [9.17, 15) is 21.6 Å². The van der Waals surface area contributed by atoms with Gasteiger partial charge in [-0.2, -0.15) is 18.3 Å². The second kappa shape index (κ2) is 4.73. The van der Waals surface area contributed by atoms with Crippen LogP contribution in [0.5, 0.6) is 0 Å². The fourth-order valence-electron chi connectivity index (χ4n) is 1.84. The molecular weight excluding hydrogens is 311 g/mol. The van der Waals surface area contributed by atoms with Crippen LogP contribution in [-0.4, -0.2) is 23.8 Å². The molecule has 1 aromatic heterocycles. The summed E-state index contributed by atoms with van der Waals surface area (Å²) in [5.41, 5.74) is -0.0901. The molecule has 0 aromatic carbocycles. The second-order valence-corrected chi connectivity index (χ2v) is 7.16. The van der Waals surface area contributed by atoms with Gasteiger partial charge in [-0.15, -0.1) is 0 Å². The zero-order chi connectivity index (χ0) is 16.1. The highest BCUT2D eigenvalue weighted by Gasteiger charge is 2.39. The van der Waals surface area contributed by atoms with Gasteiger partial charge in [0.1, 0.15) is 5.60 Å². The van der Waals surface area contributed by atoms with Gasteiger partial charge in [-0.25, -0.2) is 8.42 Å². The van der Waals surface area contributed by atoms with Crippen molar-refractivity contribution in [3.05, 3.63) is 28.6 Å². The first-order valence-corrected chi connectivity index (χ1v) is 7.55. The summed E-state index contributed by atoms with van der Waals surface area (Å²) in [5, 5.41) is 3.24. The smallest absolute Gasteiger partial charge is 0.271 e. The highest BCUT2D eigenvalue weighted by atomic mass is 32.2. The van der Waals surface area contributed by atoms with E-state index in [1.807, 2.05) is 0 Å². The Morgan fingerprint density at radius 1 is 1.43 bits per heavy atom. The maximum absolute atomic E-state index is 12.8. The number of hydroxylamine groups is 1. The van der Waals surface area contributed by atoms with Crippen molar-refractivity contribution >= 4 is 9.84 Å². The second-order valence-electron chi connectivity index (χ2n) is 5.20. The van der Waals surface area contributed by atoms with E-state index >= 15 is 0 Å². The highest BCUT2D eigenvalue weighted by Crippen LogP contribution is 2.33. The number of alkyl halides is 3. The lowest BCUT2D eigenvalue weighted by atomic mass is 10.1. The van der Waals surface area contributed by atoms with Gasteiger partial charge >= 0.3 is 6.18 Å². The van der Waals surface area contributed by atoms with Crippen LogP contribution in [0.1, 0.15) is 25.1 Å². The molecule has 0 saturated carbocycles. The van der Waals surface area contributed by atoms with Crippen molar-refractivity contribution in [3.63, 3.8) is 0 Å². The third-order valence-electron chi connectivity index (χ3n) is 2.92. The van der Waals surface area contributed by atoms with E-state index in [-0.39, 0.29) is 5.03 Å². The predicted octanol–water partition coefficient (Wildman–Crippen LogP) is 1.51. The number of aromatic nitrogens is 2. The molecule has 1 N–H and O–H groups in total. The molecule has 0 fully saturated rings. The van der Waals surface area contributed by atoms with Crippen molar-refractivity contribution in [2.75, 3.05) is 0 Å². The minimum atomic E-state index is -4.66. The zero-order valence-electron chi connectivity index (χ0n) is 11.5. The molecule has 1 aliphatic heterocycles. The van der Waals surface area contributed by atoms with Crippen LogP contribution in [0.2, 0.25) is 0 Å². The molecule has 118 valence electrons. The Kier molecular flexibility index (Phi) is 3.57. The van der Waals surface area contributed by atoms with Crippen LogP contribution < -0.4 is 5.48 Å². The minimum absolute atomic E-state index is 0.248. The number of rotatable bonds is 3. The van der Waals surface area contributed by atoms with Gasteiger partial charge in [0.05, 0.1) is 23.2 Å². The standard InChI is InChI=1S/C11H14F3N3O3S/c1-10(2)4-9(16-20-10)21(18,19)6-8-7(11(12,13)14)5-15-17(8)3/h4-5,16H,6H2,1-3H3. The summed E-state index contributed by atoms with van der Waals surface area (Å²) in [6, 6.07) is 0. The number of sulfone groups is 1. The highest BCUT2D eigenvalue weighted by molar-refractivity contribution is 7.94. The van der Waals surface area contributed by atoms with Crippen molar-refractivity contribution in [2.45, 2.75) is 31.4 Å². The van der Waals surface area contributed by atoms with Crippen molar-refractivity contribution in [1.29, 1.82) is 0 Å². The fourth-order valence-corrected chi connectivity index (χ4v) is 3.33. The lowest BCUT2D eigenvalue weighted by molar-refractivity contribution is -0.138. The van der Waals surface area contributed by atoms with Crippen molar-refractivity contribution < 1.29 is 26.4 Å². The monoisotopic (exact) mass is 325 g/mol. The molecule has 0 amide bonds. The summed E-state index contributed by atoms with van der Waals surface area (Å²) < 4.78 is 63.8. The normalized spacial score (nSPS) is 18.5. The SMILES string of the molecule is Cn1ncc(C(F)(F)F)c1CS(=O)(=O)C1=CC(C)(C)ON1. The third-order valence-corrected chi connectivity index (χ3v) is 4.45. The van der Waals surface area contributed by atoms with E-state index in [0.717, 1.165) is 4.68 Å². The van der Waals surface area contributed by atoms with Crippen LogP contribution in [0.25, 0.3) is 0 Å². The van der Waals surface area contributed by atoms with Crippen LogP contribution in [0.3, 0.4) is 0 Å². The van der Waals surface area contributed by atoms with E-state index in [0.29, 0.717) is 6.20 Å². The number of nitrogens with zero attached hydrogens (tertiary/aromatic N) is 2. The van der Waals surface area contributed by atoms with E-state index < -0.39 is 38.6 Å². The van der Waals surface area contributed by atoms with Crippen LogP contribution in [0, 0.1) is 0 Å². The average Bonchev–Trinajstić information content (AvgIpc) is 2.82. The first-order valence-electron chi connectivity index (χ1n) is 5.90. The van der Waals surface area contributed by atoms with Gasteiger partial charge < -0.3 is 0 Å². The molecule has 1 aromatic rings. The predicted molar refractivity (Wildman–Crippen MR) is 67.2 cm³/mol. The van der Waals surface area contributed by atoms with Gasteiger partial charge in [0.25, 0.3) is 0 Å². The maximum Gasteiger partial charge on any atom is 0.419 e. The Bertz CT molecular complexity index is 689. The number of nitrogens with one attached hydrogen (secondary N) is 1. The van der Waals surface area contributed by atoms with Gasteiger partial charge in [-0.3, -0.25) is 15.0 Å². The number of hydrogen-bond donors (Lipinski definition) is 1. The molecule has 0 saturated heterocycles. The molecule has 0 unspecified atom stereocenters. The minimum Gasteiger partial charge on any atom is -0.271 e. The van der Waals surface area contributed by atoms with Crippen LogP contribution >= 0.6 is 0 Å². The number of aryl methyl sites for hydroxylation is 1. The topological polar surface area (TPSA) is 73.2 Å². The maximum atomic E-state index is 12.8. The number of hydrogen-bond acceptors (Lipinski definition) is 5. The van der Waals surface area contributed by atoms with Gasteiger partial charge in [0, 0.05) is 7.05 Å². The van der Waals surface area contributed by atoms with Crippen molar-refractivity contribution in [2.24, 2.45) is 7.05 Å². The Labute approximate surface area is 119 Å². The van der Waals surface area contributed by atoms with Crippen molar-refractivity contribution in [1.82, 2.24) is 15.3 Å². The Morgan fingerprint density at radius 3 is 2.52 bits per heavy atom. The Balaban J connectivity index is 2.37. The van der Waals surface area contributed by atoms with E-state index in [4.69, 9.17) is 4.84 Å². The van der Waals surface area contributed by atoms with Crippen LogP contribution in [-0.2, 0) is 33.7 Å². The summed E-state index contributed by atoms with van der Waals surface area (Å²) in [5.74, 6) is -0.823. The molecule has 1 aliphatic rings. The molecule has 0 aliphatic carbocycles. The van der Waals surface area contributed by atoms with Gasteiger partial charge in [-0.05, 0) is 19.9 Å². The number of halogens is 3. The molecule has 0 atom stereocenters. The molecule has 6 nitrogen and oxygen atoms in total. The largest absolute Gasteiger partial charge is 0.419 e. The van der Waals surface area contributed by atoms with Gasteiger partial charge in [0.15, 0.2) is 5.03 Å². The fraction of sp³-hybridized carbons (Fsp3) is 0.545. The zero-order valence-corrected chi connectivity index (χ0v) is 12.3. The average molecular weight is 325 g/mol. The summed E-state index contributed by atoms with van der Waals surface area (Å²) >= 11 is 0. The molecule has 0 radical (unpaired) electrons. The molecule has 10 heteroatoms. The molecule has 0 bridgehead atoms. The molecule has 2 rings (SSSR count). The van der Waals surface area contributed by atoms with E-state index in [2.05, 4.69) is 10.6 Å². The summed E-state index contributed by atoms with van der Waals surface area (Å²) in [7, 11) is -2.73. The first-order chi connectivity index (χ1) is 9.42. The lowest BCUT2D eigenvalue weighted by Gasteiger charge is -2.11. The first kappa shape index (κ1) is 15.8. The Morgan fingerprint density at radius 2 is 2.05 bits per heavy atom. The lowest BCUT2D eigenvalue weighted by Crippen LogP contribution is -2.23. The summed E-state index contributed by atoms with van der Waals surface area (Å²) in [6.45, 7) is 3.24. The van der Waals surface area contributed by atoms with Crippen LogP contribution in [0.4, 0.5) is 13.2 Å². The van der Waals surface area contributed by atoms with E-state index in [1.165, 1.54) is 13.1 Å². The molecule has 0 spiro atoms. The van der Waals surface area contributed by atoms with E-state index in [1.54, 1.807) is 13.8 Å². The van der Waals surface area contributed by atoms with Gasteiger partial charge in [0.2, 0.25) is 9.84 Å².